The zero-order valence-corrected chi connectivity index (χ0v) is 12.0. The van der Waals surface area contributed by atoms with E-state index >= 15 is 0 Å². The number of ether oxygens (including phenoxy) is 2. The lowest BCUT2D eigenvalue weighted by Gasteiger charge is -2.23. The van der Waals surface area contributed by atoms with Crippen molar-refractivity contribution in [2.24, 2.45) is 0 Å². The van der Waals surface area contributed by atoms with Crippen molar-refractivity contribution in [1.29, 1.82) is 0 Å². The van der Waals surface area contributed by atoms with E-state index in [1.165, 1.54) is 0 Å². The summed E-state index contributed by atoms with van der Waals surface area (Å²) in [4.78, 5) is 0. The fourth-order valence-electron chi connectivity index (χ4n) is 1.94. The molecular weight excluding hydrogens is 373 g/mol. The van der Waals surface area contributed by atoms with Crippen LogP contribution in [0.25, 0.3) is 0 Å². The molecule has 0 amide bonds. The van der Waals surface area contributed by atoms with Crippen LogP contribution < -0.4 is 9.47 Å². The van der Waals surface area contributed by atoms with Crippen molar-refractivity contribution in [2.45, 2.75) is 6.18 Å². The van der Waals surface area contributed by atoms with E-state index in [0.717, 1.165) is 12.1 Å². The Kier molecular flexibility index (Phi) is 3.57. The van der Waals surface area contributed by atoms with E-state index in [0.29, 0.717) is 0 Å². The molecule has 0 saturated carbocycles. The summed E-state index contributed by atoms with van der Waals surface area (Å²) in [6.45, 7) is 0. The first-order valence-electron chi connectivity index (χ1n) is 5.73. The second-order valence-corrected chi connectivity index (χ2v) is 5.20. The molecule has 0 fully saturated rings. The van der Waals surface area contributed by atoms with E-state index in [-0.39, 0.29) is 21.5 Å². The third kappa shape index (κ3) is 2.46. The minimum absolute atomic E-state index is 0.0364. The van der Waals surface area contributed by atoms with Gasteiger partial charge in [0, 0.05) is 12.1 Å². The molecule has 3 rings (SSSR count). The molecule has 0 spiro atoms. The van der Waals surface area contributed by atoms with Gasteiger partial charge in [-0.1, -0.05) is 23.2 Å². The van der Waals surface area contributed by atoms with Crippen molar-refractivity contribution in [3.8, 4) is 23.0 Å². The Morgan fingerprint density at radius 1 is 0.739 bits per heavy atom. The summed E-state index contributed by atoms with van der Waals surface area (Å²) in [5.41, 5.74) is -2.42. The van der Waals surface area contributed by atoms with Gasteiger partial charge in [-0.3, -0.25) is 0 Å². The molecule has 0 N–H and O–H groups in total. The van der Waals surface area contributed by atoms with E-state index < -0.39 is 40.7 Å². The molecule has 23 heavy (non-hydrogen) atoms. The Hall–Kier alpha value is -1.80. The lowest BCUT2D eigenvalue weighted by Crippen LogP contribution is -2.16. The van der Waals surface area contributed by atoms with Crippen molar-refractivity contribution in [2.75, 3.05) is 0 Å². The SMILES string of the molecule is Fc1c(F)c(C(F)(F)F)c(F)c2c1Oc1cc(Cl)c(Cl)cc1O2. The molecule has 0 atom stereocenters. The molecule has 0 saturated heterocycles. The molecule has 122 valence electrons. The standard InChI is InChI=1S/C13H2Cl2F6O2/c14-3-1-5-6(2-4(3)15)23-12-10(18)8(16)7(13(19,20)21)9(17)11(12)22-5/h1-2H. The summed E-state index contributed by atoms with van der Waals surface area (Å²) < 4.78 is 89.2. The van der Waals surface area contributed by atoms with Crippen LogP contribution in [0.15, 0.2) is 12.1 Å². The van der Waals surface area contributed by atoms with Crippen LogP contribution in [0.2, 0.25) is 10.0 Å². The van der Waals surface area contributed by atoms with Gasteiger partial charge in [0.25, 0.3) is 0 Å². The van der Waals surface area contributed by atoms with Crippen molar-refractivity contribution in [3.05, 3.63) is 45.2 Å². The number of fused-ring (bicyclic) bond motifs is 2. The molecule has 0 radical (unpaired) electrons. The van der Waals surface area contributed by atoms with Crippen LogP contribution in [0, 0.1) is 17.5 Å². The molecule has 2 aromatic rings. The van der Waals surface area contributed by atoms with Gasteiger partial charge >= 0.3 is 6.18 Å². The molecule has 1 aliphatic rings. The smallest absolute Gasteiger partial charge is 0.422 e. The third-order valence-corrected chi connectivity index (χ3v) is 3.65. The predicted octanol–water partition coefficient (Wildman–Crippen LogP) is 6.33. The van der Waals surface area contributed by atoms with Crippen molar-refractivity contribution < 1.29 is 35.8 Å². The van der Waals surface area contributed by atoms with Crippen LogP contribution in [-0.4, -0.2) is 0 Å². The van der Waals surface area contributed by atoms with Crippen molar-refractivity contribution in [1.82, 2.24) is 0 Å². The van der Waals surface area contributed by atoms with Gasteiger partial charge in [0.1, 0.15) is 5.56 Å². The van der Waals surface area contributed by atoms with Gasteiger partial charge in [-0.2, -0.15) is 17.6 Å². The van der Waals surface area contributed by atoms with Gasteiger partial charge in [0.2, 0.25) is 17.3 Å². The average molecular weight is 375 g/mol. The monoisotopic (exact) mass is 374 g/mol. The van der Waals surface area contributed by atoms with Gasteiger partial charge in [-0.05, 0) is 0 Å². The Morgan fingerprint density at radius 3 is 1.61 bits per heavy atom. The van der Waals surface area contributed by atoms with E-state index in [9.17, 15) is 26.3 Å². The fourth-order valence-corrected chi connectivity index (χ4v) is 2.25. The maximum absolute atomic E-state index is 14.0. The normalized spacial score (nSPS) is 13.0. The first-order valence-corrected chi connectivity index (χ1v) is 6.49. The lowest BCUT2D eigenvalue weighted by atomic mass is 10.1. The van der Waals surface area contributed by atoms with Crippen LogP contribution in [0.1, 0.15) is 5.56 Å². The molecular formula is C13H2Cl2F6O2. The number of hydrogen-bond donors (Lipinski definition) is 0. The van der Waals surface area contributed by atoms with Gasteiger partial charge in [0.15, 0.2) is 23.1 Å². The highest BCUT2D eigenvalue weighted by Gasteiger charge is 2.44. The van der Waals surface area contributed by atoms with Gasteiger partial charge in [0.05, 0.1) is 10.0 Å². The fraction of sp³-hybridized carbons (Fsp3) is 0.0769. The highest BCUT2D eigenvalue weighted by molar-refractivity contribution is 6.42. The summed E-state index contributed by atoms with van der Waals surface area (Å²) >= 11 is 11.4. The summed E-state index contributed by atoms with van der Waals surface area (Å²) in [6, 6.07) is 2.10. The van der Waals surface area contributed by atoms with Crippen LogP contribution >= 0.6 is 23.2 Å². The Balaban J connectivity index is 2.25. The molecule has 0 aromatic heterocycles. The molecule has 2 nitrogen and oxygen atoms in total. The maximum Gasteiger partial charge on any atom is 0.422 e. The zero-order chi connectivity index (χ0) is 17.1. The molecule has 1 aliphatic heterocycles. The molecule has 0 bridgehead atoms. The van der Waals surface area contributed by atoms with E-state index in [1.807, 2.05) is 0 Å². The molecule has 0 aliphatic carbocycles. The average Bonchev–Trinajstić information content (AvgIpc) is 2.43. The first-order chi connectivity index (χ1) is 10.6. The second-order valence-electron chi connectivity index (χ2n) is 4.39. The Morgan fingerprint density at radius 2 is 1.17 bits per heavy atom. The number of alkyl halides is 3. The minimum atomic E-state index is -5.47. The van der Waals surface area contributed by atoms with Crippen LogP contribution in [0.5, 0.6) is 23.0 Å². The number of hydrogen-bond acceptors (Lipinski definition) is 2. The minimum Gasteiger partial charge on any atom is -0.446 e. The topological polar surface area (TPSA) is 18.5 Å². The summed E-state index contributed by atoms with van der Waals surface area (Å²) in [5.74, 6) is -9.55. The summed E-state index contributed by atoms with van der Waals surface area (Å²) in [6.07, 6.45) is -5.47. The van der Waals surface area contributed by atoms with Gasteiger partial charge in [-0.15, -0.1) is 0 Å². The highest BCUT2D eigenvalue weighted by Crippen LogP contribution is 2.52. The predicted molar refractivity (Wildman–Crippen MR) is 67.9 cm³/mol. The van der Waals surface area contributed by atoms with E-state index in [2.05, 4.69) is 0 Å². The van der Waals surface area contributed by atoms with E-state index in [1.54, 1.807) is 0 Å². The van der Waals surface area contributed by atoms with Crippen molar-refractivity contribution >= 4 is 23.2 Å². The summed E-state index contributed by atoms with van der Waals surface area (Å²) in [7, 11) is 0. The van der Waals surface area contributed by atoms with Crippen LogP contribution in [0.3, 0.4) is 0 Å². The number of halogens is 8. The first kappa shape index (κ1) is 16.1. The lowest BCUT2D eigenvalue weighted by molar-refractivity contribution is -0.143. The van der Waals surface area contributed by atoms with Gasteiger partial charge < -0.3 is 9.47 Å². The maximum atomic E-state index is 14.0. The van der Waals surface area contributed by atoms with Crippen molar-refractivity contribution in [3.63, 3.8) is 0 Å². The molecule has 10 heteroatoms. The second kappa shape index (κ2) is 5.10. The van der Waals surface area contributed by atoms with E-state index in [4.69, 9.17) is 32.7 Å². The van der Waals surface area contributed by atoms with Gasteiger partial charge in [-0.25, -0.2) is 8.78 Å². The summed E-state index contributed by atoms with van der Waals surface area (Å²) in [5, 5.41) is -0.0952. The third-order valence-electron chi connectivity index (χ3n) is 2.93. The highest BCUT2D eigenvalue weighted by atomic mass is 35.5. The Bertz CT molecular complexity index is 835. The number of benzene rings is 2. The molecule has 2 aromatic carbocycles. The molecule has 0 unspecified atom stereocenters. The number of rotatable bonds is 0. The van der Waals surface area contributed by atoms with Crippen LogP contribution in [0.4, 0.5) is 26.3 Å². The Labute approximate surface area is 134 Å². The molecule has 1 heterocycles. The zero-order valence-electron chi connectivity index (χ0n) is 10.5. The van der Waals surface area contributed by atoms with Crippen LogP contribution in [-0.2, 0) is 6.18 Å². The quantitative estimate of drug-likeness (QED) is 0.338. The largest absolute Gasteiger partial charge is 0.446 e.